The second-order valence-electron chi connectivity index (χ2n) is 4.96. The van der Waals surface area contributed by atoms with E-state index >= 15 is 0 Å². The molecule has 1 aliphatic heterocycles. The molecule has 2 atom stereocenters. The van der Waals surface area contributed by atoms with Crippen LogP contribution in [0.25, 0.3) is 0 Å². The molecule has 2 N–H and O–H groups in total. The Morgan fingerprint density at radius 1 is 1.58 bits per heavy atom. The lowest BCUT2D eigenvalue weighted by atomic mass is 10.1. The average molecular weight is 266 g/mol. The van der Waals surface area contributed by atoms with Gasteiger partial charge < -0.3 is 15.1 Å². The van der Waals surface area contributed by atoms with Crippen LogP contribution >= 0.6 is 0 Å². The van der Waals surface area contributed by atoms with Crippen LogP contribution in [0, 0.1) is 16.0 Å². The number of anilines is 1. The molecule has 6 nitrogen and oxygen atoms in total. The fraction of sp³-hybridized carbons (Fsp3) is 0.538. The molecule has 19 heavy (non-hydrogen) atoms. The van der Waals surface area contributed by atoms with E-state index in [4.69, 9.17) is 5.11 Å². The van der Waals surface area contributed by atoms with Gasteiger partial charge in [-0.3, -0.25) is 10.1 Å². The zero-order valence-corrected chi connectivity index (χ0v) is 10.8. The Balaban J connectivity index is 2.32. The van der Waals surface area contributed by atoms with Gasteiger partial charge in [0.2, 0.25) is 0 Å². The van der Waals surface area contributed by atoms with Crippen LogP contribution in [0.2, 0.25) is 0 Å². The van der Waals surface area contributed by atoms with E-state index < -0.39 is 11.0 Å². The van der Waals surface area contributed by atoms with Gasteiger partial charge in [0.25, 0.3) is 5.69 Å². The van der Waals surface area contributed by atoms with Crippen molar-refractivity contribution in [3.8, 4) is 0 Å². The molecular weight excluding hydrogens is 248 g/mol. The minimum absolute atomic E-state index is 0.0111. The molecule has 0 aromatic heterocycles. The van der Waals surface area contributed by atoms with Gasteiger partial charge in [0.1, 0.15) is 5.69 Å². The predicted molar refractivity (Wildman–Crippen MR) is 71.1 cm³/mol. The molecule has 1 saturated heterocycles. The second kappa shape index (κ2) is 5.54. The molecule has 0 spiro atoms. The number of hydrogen-bond donors (Lipinski definition) is 2. The molecule has 2 rings (SSSR count). The van der Waals surface area contributed by atoms with Crippen LogP contribution in [0.4, 0.5) is 11.4 Å². The number of rotatable bonds is 4. The van der Waals surface area contributed by atoms with Gasteiger partial charge in [0.05, 0.1) is 11.0 Å². The zero-order chi connectivity index (χ0) is 14.0. The minimum atomic E-state index is -0.725. The molecule has 1 fully saturated rings. The number of nitro benzene ring substituents is 1. The van der Waals surface area contributed by atoms with Gasteiger partial charge in [0, 0.05) is 31.7 Å². The molecule has 0 bridgehead atoms. The van der Waals surface area contributed by atoms with Crippen molar-refractivity contribution in [1.82, 2.24) is 0 Å². The number of aliphatic hydroxyl groups is 2. The minimum Gasteiger partial charge on any atom is -0.396 e. The molecule has 0 amide bonds. The molecule has 0 saturated carbocycles. The Morgan fingerprint density at radius 3 is 2.84 bits per heavy atom. The van der Waals surface area contributed by atoms with Gasteiger partial charge >= 0.3 is 0 Å². The summed E-state index contributed by atoms with van der Waals surface area (Å²) in [5, 5.41) is 29.8. The standard InChI is InChI=1S/C13H18N2O4/c1-9(17)11-2-3-12(13(6-11)15(18)19)14-5-4-10(7-14)8-16/h2-3,6,9-10,16-17H,4-5,7-8H2,1H3/t9-,10?/m1/s1. The number of benzene rings is 1. The largest absolute Gasteiger partial charge is 0.396 e. The van der Waals surface area contributed by atoms with E-state index in [2.05, 4.69) is 0 Å². The monoisotopic (exact) mass is 266 g/mol. The van der Waals surface area contributed by atoms with Crippen molar-refractivity contribution < 1.29 is 15.1 Å². The van der Waals surface area contributed by atoms with Gasteiger partial charge in [-0.05, 0) is 25.0 Å². The van der Waals surface area contributed by atoms with Gasteiger partial charge in [0.15, 0.2) is 0 Å². The average Bonchev–Trinajstić information content (AvgIpc) is 2.86. The molecule has 1 aromatic carbocycles. The first kappa shape index (κ1) is 13.8. The Morgan fingerprint density at radius 2 is 2.32 bits per heavy atom. The summed E-state index contributed by atoms with van der Waals surface area (Å²) in [5.74, 6) is 0.177. The third-order valence-corrected chi connectivity index (χ3v) is 3.56. The highest BCUT2D eigenvalue weighted by atomic mass is 16.6. The maximum atomic E-state index is 11.2. The van der Waals surface area contributed by atoms with Crippen LogP contribution in [0.1, 0.15) is 25.0 Å². The van der Waals surface area contributed by atoms with Crippen LogP contribution in [-0.2, 0) is 0 Å². The molecule has 1 unspecified atom stereocenters. The summed E-state index contributed by atoms with van der Waals surface area (Å²) in [7, 11) is 0. The third-order valence-electron chi connectivity index (χ3n) is 3.56. The van der Waals surface area contributed by atoms with E-state index in [0.717, 1.165) is 6.42 Å². The van der Waals surface area contributed by atoms with Gasteiger partial charge in [-0.2, -0.15) is 0 Å². The SMILES string of the molecule is C[C@@H](O)c1ccc(N2CCC(CO)C2)c([N+](=O)[O-])c1. The Kier molecular flexibility index (Phi) is 4.01. The second-order valence-corrected chi connectivity index (χ2v) is 4.96. The van der Waals surface area contributed by atoms with E-state index in [1.54, 1.807) is 19.1 Å². The number of aliphatic hydroxyl groups excluding tert-OH is 2. The quantitative estimate of drug-likeness (QED) is 0.636. The van der Waals surface area contributed by atoms with E-state index in [9.17, 15) is 15.2 Å². The first-order chi connectivity index (χ1) is 9.02. The number of hydrogen-bond acceptors (Lipinski definition) is 5. The lowest BCUT2D eigenvalue weighted by molar-refractivity contribution is -0.384. The Labute approximate surface area is 111 Å². The van der Waals surface area contributed by atoms with Crippen molar-refractivity contribution in [1.29, 1.82) is 0 Å². The number of nitro groups is 1. The van der Waals surface area contributed by atoms with Crippen molar-refractivity contribution in [2.45, 2.75) is 19.4 Å². The molecule has 1 aliphatic rings. The highest BCUT2D eigenvalue weighted by Crippen LogP contribution is 2.34. The van der Waals surface area contributed by atoms with Crippen LogP contribution in [0.3, 0.4) is 0 Å². The lowest BCUT2D eigenvalue weighted by Crippen LogP contribution is -2.21. The molecule has 6 heteroatoms. The predicted octanol–water partition coefficient (Wildman–Crippen LogP) is 1.47. The Bertz CT molecular complexity index is 476. The van der Waals surface area contributed by atoms with E-state index in [0.29, 0.717) is 24.3 Å². The van der Waals surface area contributed by atoms with Crippen molar-refractivity contribution in [2.75, 3.05) is 24.6 Å². The summed E-state index contributed by atoms with van der Waals surface area (Å²) in [4.78, 5) is 12.7. The van der Waals surface area contributed by atoms with Gasteiger partial charge in [-0.15, -0.1) is 0 Å². The van der Waals surface area contributed by atoms with Crippen molar-refractivity contribution in [2.24, 2.45) is 5.92 Å². The molecular formula is C13H18N2O4. The van der Waals surface area contributed by atoms with Crippen LogP contribution < -0.4 is 4.90 Å². The van der Waals surface area contributed by atoms with Crippen molar-refractivity contribution >= 4 is 11.4 Å². The smallest absolute Gasteiger partial charge is 0.292 e. The van der Waals surface area contributed by atoms with Crippen LogP contribution in [0.15, 0.2) is 18.2 Å². The lowest BCUT2D eigenvalue weighted by Gasteiger charge is -2.19. The highest BCUT2D eigenvalue weighted by Gasteiger charge is 2.27. The molecule has 1 heterocycles. The summed E-state index contributed by atoms with van der Waals surface area (Å²) in [6.45, 7) is 3.03. The topological polar surface area (TPSA) is 86.8 Å². The summed E-state index contributed by atoms with van der Waals surface area (Å²) in [6, 6.07) is 4.81. The maximum absolute atomic E-state index is 11.2. The fourth-order valence-corrected chi connectivity index (χ4v) is 2.41. The Hall–Kier alpha value is -1.66. The zero-order valence-electron chi connectivity index (χ0n) is 10.8. The molecule has 0 aliphatic carbocycles. The van der Waals surface area contributed by atoms with E-state index in [1.807, 2.05) is 4.90 Å². The highest BCUT2D eigenvalue weighted by molar-refractivity contribution is 5.65. The fourth-order valence-electron chi connectivity index (χ4n) is 2.41. The van der Waals surface area contributed by atoms with Crippen molar-refractivity contribution in [3.63, 3.8) is 0 Å². The molecule has 0 radical (unpaired) electrons. The first-order valence-electron chi connectivity index (χ1n) is 6.35. The third kappa shape index (κ3) is 2.85. The summed E-state index contributed by atoms with van der Waals surface area (Å²) >= 11 is 0. The van der Waals surface area contributed by atoms with Crippen molar-refractivity contribution in [3.05, 3.63) is 33.9 Å². The summed E-state index contributed by atoms with van der Waals surface area (Å²) in [6.07, 6.45) is 0.114. The van der Waals surface area contributed by atoms with Crippen LogP contribution in [-0.4, -0.2) is 34.8 Å². The summed E-state index contributed by atoms with van der Waals surface area (Å²) < 4.78 is 0. The summed E-state index contributed by atoms with van der Waals surface area (Å²) in [5.41, 5.74) is 1.11. The normalized spacial score (nSPS) is 20.6. The maximum Gasteiger partial charge on any atom is 0.292 e. The number of nitrogens with zero attached hydrogens (tertiary/aromatic N) is 2. The van der Waals surface area contributed by atoms with Crippen LogP contribution in [0.5, 0.6) is 0 Å². The first-order valence-corrected chi connectivity index (χ1v) is 6.35. The van der Waals surface area contributed by atoms with E-state index in [1.165, 1.54) is 6.07 Å². The van der Waals surface area contributed by atoms with Gasteiger partial charge in [-0.1, -0.05) is 6.07 Å². The van der Waals surface area contributed by atoms with E-state index in [-0.39, 0.29) is 18.2 Å². The van der Waals surface area contributed by atoms with Gasteiger partial charge in [-0.25, -0.2) is 0 Å². The molecule has 1 aromatic rings. The molecule has 104 valence electrons.